The summed E-state index contributed by atoms with van der Waals surface area (Å²) in [5, 5.41) is 14.0. The molecule has 0 atom stereocenters. The molecule has 0 fully saturated rings. The maximum Gasteiger partial charge on any atom is 0.370 e. The molecule has 110 valence electrons. The first kappa shape index (κ1) is 13.8. The van der Waals surface area contributed by atoms with Gasteiger partial charge >= 0.3 is 5.69 Å². The Morgan fingerprint density at radius 3 is 2.95 bits per heavy atom. The number of rotatable bonds is 5. The molecule has 2 N–H and O–H groups in total. The normalized spacial score (nSPS) is 11.5. The fraction of sp³-hybridized carbons (Fsp3) is 0.400. The van der Waals surface area contributed by atoms with Gasteiger partial charge in [-0.1, -0.05) is 25.8 Å². The molecule has 3 rings (SSSR count). The third-order valence-electron chi connectivity index (χ3n) is 3.63. The molecule has 0 aliphatic rings. The van der Waals surface area contributed by atoms with Crippen molar-refractivity contribution in [1.29, 1.82) is 0 Å². The van der Waals surface area contributed by atoms with Gasteiger partial charge in [-0.05, 0) is 30.5 Å². The number of nitrogens with zero attached hydrogens (tertiary/aromatic N) is 3. The largest absolute Gasteiger partial charge is 0.388 e. The molecular formula is C15H18N4O2. The van der Waals surface area contributed by atoms with Gasteiger partial charge in [-0.2, -0.15) is 9.50 Å². The highest BCUT2D eigenvalue weighted by molar-refractivity contribution is 5.91. The molecule has 6 nitrogen and oxygen atoms in total. The topological polar surface area (TPSA) is 83.3 Å². The van der Waals surface area contributed by atoms with E-state index in [-0.39, 0.29) is 6.61 Å². The first-order valence-corrected chi connectivity index (χ1v) is 7.24. The van der Waals surface area contributed by atoms with E-state index in [1.54, 1.807) is 0 Å². The van der Waals surface area contributed by atoms with Crippen molar-refractivity contribution < 1.29 is 5.11 Å². The summed E-state index contributed by atoms with van der Waals surface area (Å²) in [5.41, 5.74) is 2.02. The lowest BCUT2D eigenvalue weighted by molar-refractivity contribution is 0.271. The molecule has 0 spiro atoms. The van der Waals surface area contributed by atoms with Crippen molar-refractivity contribution in [2.75, 3.05) is 0 Å². The number of aryl methyl sites for hydroxylation is 1. The van der Waals surface area contributed by atoms with Gasteiger partial charge in [0.15, 0.2) is 5.82 Å². The van der Waals surface area contributed by atoms with E-state index in [0.29, 0.717) is 17.0 Å². The fourth-order valence-corrected chi connectivity index (χ4v) is 2.53. The van der Waals surface area contributed by atoms with E-state index in [1.807, 2.05) is 18.2 Å². The highest BCUT2D eigenvalue weighted by atomic mass is 16.3. The Morgan fingerprint density at radius 1 is 1.33 bits per heavy atom. The van der Waals surface area contributed by atoms with Crippen LogP contribution in [0.15, 0.2) is 23.0 Å². The zero-order valence-electron chi connectivity index (χ0n) is 12.0. The minimum atomic E-state index is -0.438. The molecule has 0 radical (unpaired) electrons. The fourth-order valence-electron chi connectivity index (χ4n) is 2.53. The van der Waals surface area contributed by atoms with Gasteiger partial charge in [-0.15, -0.1) is 5.10 Å². The third-order valence-corrected chi connectivity index (χ3v) is 3.63. The van der Waals surface area contributed by atoms with Crippen molar-refractivity contribution in [2.24, 2.45) is 0 Å². The first-order valence-electron chi connectivity index (χ1n) is 7.24. The number of fused-ring (bicyclic) bond motifs is 3. The Bertz CT molecular complexity index is 835. The molecule has 2 aromatic heterocycles. The van der Waals surface area contributed by atoms with Gasteiger partial charge in [0, 0.05) is 5.39 Å². The zero-order chi connectivity index (χ0) is 14.8. The van der Waals surface area contributed by atoms with E-state index in [2.05, 4.69) is 22.0 Å². The molecule has 1 aromatic carbocycles. The van der Waals surface area contributed by atoms with Crippen LogP contribution in [0.3, 0.4) is 0 Å². The number of H-pyrrole nitrogens is 1. The van der Waals surface area contributed by atoms with Gasteiger partial charge in [0.25, 0.3) is 0 Å². The maximum absolute atomic E-state index is 11.9. The Kier molecular flexibility index (Phi) is 3.70. The third kappa shape index (κ3) is 2.54. The molecule has 0 bridgehead atoms. The number of nitrogens with one attached hydrogen (secondary N) is 1. The molecule has 0 aliphatic carbocycles. The van der Waals surface area contributed by atoms with Crippen molar-refractivity contribution in [1.82, 2.24) is 19.6 Å². The van der Waals surface area contributed by atoms with Gasteiger partial charge in [-0.3, -0.25) is 0 Å². The summed E-state index contributed by atoms with van der Waals surface area (Å²) in [6.45, 7) is 1.94. The van der Waals surface area contributed by atoms with Crippen molar-refractivity contribution in [3.05, 3.63) is 40.1 Å². The molecule has 0 unspecified atom stereocenters. The predicted molar refractivity (Wildman–Crippen MR) is 80.3 cm³/mol. The number of aromatic nitrogens is 4. The summed E-state index contributed by atoms with van der Waals surface area (Å²) in [4.78, 5) is 18.9. The van der Waals surface area contributed by atoms with Gasteiger partial charge in [-0.25, -0.2) is 4.79 Å². The van der Waals surface area contributed by atoms with Crippen LogP contribution in [-0.4, -0.2) is 24.7 Å². The summed E-state index contributed by atoms with van der Waals surface area (Å²) in [7, 11) is 0. The highest BCUT2D eigenvalue weighted by Crippen LogP contribution is 2.18. The van der Waals surface area contributed by atoms with Gasteiger partial charge in [0.05, 0.1) is 5.52 Å². The van der Waals surface area contributed by atoms with Crippen LogP contribution < -0.4 is 5.69 Å². The van der Waals surface area contributed by atoms with E-state index < -0.39 is 5.69 Å². The standard InChI is InChI=1S/C15H18N4O2/c1-2-3-4-5-10-6-7-12-11(8-10)14-17-13(9-20)18-19(14)15(21)16-12/h6-8,20H,2-5,9H2,1H3,(H,17,18). The number of hydrogen-bond acceptors (Lipinski definition) is 4. The zero-order valence-corrected chi connectivity index (χ0v) is 12.0. The van der Waals surface area contributed by atoms with E-state index in [4.69, 9.17) is 5.11 Å². The average molecular weight is 286 g/mol. The quantitative estimate of drug-likeness (QED) is 0.700. The molecule has 6 heteroatoms. The average Bonchev–Trinajstić information content (AvgIpc) is 2.93. The van der Waals surface area contributed by atoms with Crippen LogP contribution in [0.25, 0.3) is 16.6 Å². The number of hydrogen-bond donors (Lipinski definition) is 2. The lowest BCUT2D eigenvalue weighted by atomic mass is 10.1. The number of unbranched alkanes of at least 4 members (excludes halogenated alkanes) is 2. The number of aliphatic hydroxyl groups is 1. The number of aliphatic hydroxyl groups excluding tert-OH is 1. The van der Waals surface area contributed by atoms with Crippen LogP contribution in [-0.2, 0) is 13.0 Å². The molecule has 2 heterocycles. The summed E-state index contributed by atoms with van der Waals surface area (Å²) >= 11 is 0. The van der Waals surface area contributed by atoms with Crippen LogP contribution in [0.5, 0.6) is 0 Å². The van der Waals surface area contributed by atoms with Crippen LogP contribution in [0.2, 0.25) is 0 Å². The smallest absolute Gasteiger partial charge is 0.370 e. The second-order valence-corrected chi connectivity index (χ2v) is 5.19. The summed E-state index contributed by atoms with van der Waals surface area (Å²) in [6, 6.07) is 5.94. The van der Waals surface area contributed by atoms with Crippen LogP contribution in [0.1, 0.15) is 37.6 Å². The second-order valence-electron chi connectivity index (χ2n) is 5.19. The van der Waals surface area contributed by atoms with E-state index >= 15 is 0 Å². The van der Waals surface area contributed by atoms with E-state index in [1.165, 1.54) is 22.9 Å². The van der Waals surface area contributed by atoms with Gasteiger partial charge in [0.2, 0.25) is 0 Å². The Labute approximate surface area is 121 Å². The van der Waals surface area contributed by atoms with Crippen molar-refractivity contribution in [3.8, 4) is 0 Å². The number of aromatic amines is 1. The summed E-state index contributed by atoms with van der Waals surface area (Å²) in [5.74, 6) is 0.359. The second kappa shape index (κ2) is 5.65. The maximum atomic E-state index is 11.9. The Hall–Kier alpha value is -2.21. The molecule has 0 aliphatic heterocycles. The monoisotopic (exact) mass is 286 g/mol. The molecule has 21 heavy (non-hydrogen) atoms. The van der Waals surface area contributed by atoms with Gasteiger partial charge in [0.1, 0.15) is 12.3 Å². The summed E-state index contributed by atoms with van der Waals surface area (Å²) in [6.07, 6.45) is 4.56. The lowest BCUT2D eigenvalue weighted by Crippen LogP contribution is -2.17. The summed E-state index contributed by atoms with van der Waals surface area (Å²) < 4.78 is 1.21. The Morgan fingerprint density at radius 2 is 2.19 bits per heavy atom. The van der Waals surface area contributed by atoms with Crippen LogP contribution >= 0.6 is 0 Å². The molecular weight excluding hydrogens is 268 g/mol. The van der Waals surface area contributed by atoms with Crippen molar-refractivity contribution in [3.63, 3.8) is 0 Å². The van der Waals surface area contributed by atoms with Crippen molar-refractivity contribution >= 4 is 16.6 Å². The molecule has 3 aromatic rings. The van der Waals surface area contributed by atoms with E-state index in [9.17, 15) is 4.79 Å². The molecule has 0 amide bonds. The minimum Gasteiger partial charge on any atom is -0.388 e. The van der Waals surface area contributed by atoms with Crippen LogP contribution in [0, 0.1) is 0 Å². The molecule has 0 saturated carbocycles. The van der Waals surface area contributed by atoms with Gasteiger partial charge < -0.3 is 10.1 Å². The molecule has 0 saturated heterocycles. The SMILES string of the molecule is CCCCCc1ccc2nc(=O)n3nc(CO)[nH]c3c2c1. The van der Waals surface area contributed by atoms with Crippen molar-refractivity contribution in [2.45, 2.75) is 39.2 Å². The minimum absolute atomic E-state index is 0.237. The van der Waals surface area contributed by atoms with E-state index in [0.717, 1.165) is 18.2 Å². The van der Waals surface area contributed by atoms with Crippen LogP contribution in [0.4, 0.5) is 0 Å². The lowest BCUT2D eigenvalue weighted by Gasteiger charge is -2.03. The Balaban J connectivity index is 2.13. The number of benzene rings is 1. The first-order chi connectivity index (χ1) is 10.2. The highest BCUT2D eigenvalue weighted by Gasteiger charge is 2.10. The predicted octanol–water partition coefficient (Wildman–Crippen LogP) is 1.80.